The molecule has 0 radical (unpaired) electrons. The highest BCUT2D eigenvalue weighted by atomic mass is 16.5. The van der Waals surface area contributed by atoms with Gasteiger partial charge in [-0.15, -0.1) is 0 Å². The summed E-state index contributed by atoms with van der Waals surface area (Å²) in [6.45, 7) is 3.77. The second-order valence-corrected chi connectivity index (χ2v) is 6.44. The fraction of sp³-hybridized carbons (Fsp3) is 0.611. The zero-order valence-corrected chi connectivity index (χ0v) is 14.6. The number of ether oxygens (including phenoxy) is 2. The van der Waals surface area contributed by atoms with Gasteiger partial charge in [0.15, 0.2) is 0 Å². The summed E-state index contributed by atoms with van der Waals surface area (Å²) in [5, 5.41) is 0. The van der Waals surface area contributed by atoms with E-state index in [1.807, 2.05) is 4.90 Å². The highest BCUT2D eigenvalue weighted by Crippen LogP contribution is 2.19. The lowest BCUT2D eigenvalue weighted by molar-refractivity contribution is -0.138. The monoisotopic (exact) mass is 347 g/mol. The maximum Gasteiger partial charge on any atom is 0.272 e. The number of carbonyl (C=O) groups is 2. The third kappa shape index (κ3) is 4.28. The number of pyridine rings is 1. The number of hydrogen-bond donors (Lipinski definition) is 0. The lowest BCUT2D eigenvalue weighted by Gasteiger charge is -2.28. The molecular formula is C18H25N3O4. The smallest absolute Gasteiger partial charge is 0.272 e. The lowest BCUT2D eigenvalue weighted by atomic mass is 9.98. The zero-order chi connectivity index (χ0) is 17.6. The number of nitrogens with zero attached hydrogens (tertiary/aromatic N) is 3. The van der Waals surface area contributed by atoms with E-state index in [1.54, 1.807) is 30.3 Å². The van der Waals surface area contributed by atoms with Crippen molar-refractivity contribution in [3.05, 3.63) is 24.0 Å². The molecule has 7 nitrogen and oxygen atoms in total. The number of rotatable bonds is 3. The molecule has 0 bridgehead atoms. The van der Waals surface area contributed by atoms with Gasteiger partial charge in [-0.3, -0.25) is 14.6 Å². The molecule has 7 heteroatoms. The van der Waals surface area contributed by atoms with E-state index in [9.17, 15) is 9.59 Å². The van der Waals surface area contributed by atoms with Gasteiger partial charge in [0.2, 0.25) is 5.91 Å². The van der Waals surface area contributed by atoms with Gasteiger partial charge in [-0.2, -0.15) is 0 Å². The Morgan fingerprint density at radius 2 is 1.88 bits per heavy atom. The maximum atomic E-state index is 12.7. The Bertz CT molecular complexity index is 616. The van der Waals surface area contributed by atoms with E-state index < -0.39 is 0 Å². The summed E-state index contributed by atoms with van der Waals surface area (Å²) in [5.41, 5.74) is 0.378. The van der Waals surface area contributed by atoms with Crippen molar-refractivity contribution in [1.29, 1.82) is 0 Å². The van der Waals surface area contributed by atoms with Crippen molar-refractivity contribution in [2.45, 2.75) is 19.3 Å². The summed E-state index contributed by atoms with van der Waals surface area (Å²) in [6.07, 6.45) is 3.95. The molecule has 2 saturated heterocycles. The largest absolute Gasteiger partial charge is 0.497 e. The van der Waals surface area contributed by atoms with Crippen molar-refractivity contribution >= 4 is 11.8 Å². The van der Waals surface area contributed by atoms with Crippen molar-refractivity contribution in [2.75, 3.05) is 46.5 Å². The minimum Gasteiger partial charge on any atom is -0.497 e. The van der Waals surface area contributed by atoms with Gasteiger partial charge < -0.3 is 19.3 Å². The molecule has 1 aromatic heterocycles. The zero-order valence-electron chi connectivity index (χ0n) is 14.6. The third-order valence-corrected chi connectivity index (χ3v) is 4.85. The summed E-state index contributed by atoms with van der Waals surface area (Å²) < 4.78 is 10.5. The first-order valence-electron chi connectivity index (χ1n) is 8.85. The average molecular weight is 347 g/mol. The van der Waals surface area contributed by atoms with Crippen LogP contribution in [0.25, 0.3) is 0 Å². The Morgan fingerprint density at radius 3 is 2.64 bits per heavy atom. The van der Waals surface area contributed by atoms with Crippen LogP contribution in [0.4, 0.5) is 0 Å². The Labute approximate surface area is 147 Å². The van der Waals surface area contributed by atoms with E-state index in [2.05, 4.69) is 4.98 Å². The molecule has 136 valence electrons. The Hall–Kier alpha value is -2.15. The van der Waals surface area contributed by atoms with Crippen LogP contribution in [0.15, 0.2) is 18.3 Å². The molecule has 0 N–H and O–H groups in total. The van der Waals surface area contributed by atoms with Crippen LogP contribution in [0, 0.1) is 5.92 Å². The summed E-state index contributed by atoms with van der Waals surface area (Å²) in [5.74, 6) is 0.775. The molecule has 3 rings (SSSR count). The molecule has 0 aromatic carbocycles. The highest BCUT2D eigenvalue weighted by Gasteiger charge is 2.29. The van der Waals surface area contributed by atoms with Crippen molar-refractivity contribution in [3.63, 3.8) is 0 Å². The van der Waals surface area contributed by atoms with Crippen molar-refractivity contribution in [2.24, 2.45) is 5.92 Å². The number of methoxy groups -OCH3 is 1. The third-order valence-electron chi connectivity index (χ3n) is 4.85. The standard InChI is InChI=1S/C18H25N3O4/c1-24-15-3-6-19-16(13-15)18(23)21-8-2-7-20(9-10-21)17(22)14-4-11-25-12-5-14/h3,6,13-14H,2,4-5,7-12H2,1H3. The fourth-order valence-corrected chi connectivity index (χ4v) is 3.36. The molecule has 0 saturated carbocycles. The minimum atomic E-state index is -0.112. The van der Waals surface area contributed by atoms with Crippen LogP contribution in [0.2, 0.25) is 0 Å². The molecule has 2 amide bonds. The fourth-order valence-electron chi connectivity index (χ4n) is 3.36. The second-order valence-electron chi connectivity index (χ2n) is 6.44. The molecule has 2 aliphatic heterocycles. The SMILES string of the molecule is COc1ccnc(C(=O)N2CCCN(C(=O)C3CCOCC3)CC2)c1. The second kappa shape index (κ2) is 8.29. The molecule has 0 unspecified atom stereocenters. The van der Waals surface area contributed by atoms with Crippen LogP contribution < -0.4 is 4.74 Å². The maximum absolute atomic E-state index is 12.7. The molecule has 0 atom stereocenters. The normalized spacial score (nSPS) is 19.4. The average Bonchev–Trinajstić information content (AvgIpc) is 2.94. The highest BCUT2D eigenvalue weighted by molar-refractivity contribution is 5.92. The molecule has 3 heterocycles. The summed E-state index contributed by atoms with van der Waals surface area (Å²) in [7, 11) is 1.56. The number of aromatic nitrogens is 1. The van der Waals surface area contributed by atoms with Crippen LogP contribution in [0.3, 0.4) is 0 Å². The molecule has 0 spiro atoms. The first kappa shape index (κ1) is 17.7. The molecular weight excluding hydrogens is 322 g/mol. The van der Waals surface area contributed by atoms with E-state index in [0.717, 1.165) is 19.3 Å². The molecule has 1 aromatic rings. The van der Waals surface area contributed by atoms with Gasteiger partial charge in [-0.25, -0.2) is 0 Å². The van der Waals surface area contributed by atoms with Gasteiger partial charge in [0.25, 0.3) is 5.91 Å². The van der Waals surface area contributed by atoms with E-state index >= 15 is 0 Å². The Morgan fingerprint density at radius 1 is 1.16 bits per heavy atom. The van der Waals surface area contributed by atoms with Crippen LogP contribution in [-0.4, -0.2) is 73.1 Å². The predicted molar refractivity (Wildman–Crippen MR) is 91.4 cm³/mol. The number of hydrogen-bond acceptors (Lipinski definition) is 5. The predicted octanol–water partition coefficient (Wildman–Crippen LogP) is 1.19. The summed E-state index contributed by atoms with van der Waals surface area (Å²) >= 11 is 0. The van der Waals surface area contributed by atoms with Crippen molar-refractivity contribution in [3.8, 4) is 5.75 Å². The summed E-state index contributed by atoms with van der Waals surface area (Å²) in [4.78, 5) is 33.2. The molecule has 0 aliphatic carbocycles. The van der Waals surface area contributed by atoms with Gasteiger partial charge in [-0.1, -0.05) is 0 Å². The number of amides is 2. The van der Waals surface area contributed by atoms with Gasteiger partial charge >= 0.3 is 0 Å². The van der Waals surface area contributed by atoms with Gasteiger partial charge in [0.1, 0.15) is 11.4 Å². The Balaban J connectivity index is 1.60. The lowest BCUT2D eigenvalue weighted by Crippen LogP contribution is -2.41. The molecule has 2 fully saturated rings. The molecule has 2 aliphatic rings. The summed E-state index contributed by atoms with van der Waals surface area (Å²) in [6, 6.07) is 3.37. The van der Waals surface area contributed by atoms with Crippen molar-refractivity contribution in [1.82, 2.24) is 14.8 Å². The quantitative estimate of drug-likeness (QED) is 0.821. The van der Waals surface area contributed by atoms with E-state index in [4.69, 9.17) is 9.47 Å². The first-order valence-corrected chi connectivity index (χ1v) is 8.85. The van der Waals surface area contributed by atoms with Crippen LogP contribution in [0.5, 0.6) is 5.75 Å². The van der Waals surface area contributed by atoms with Gasteiger partial charge in [-0.05, 0) is 25.3 Å². The van der Waals surface area contributed by atoms with Crippen LogP contribution in [0.1, 0.15) is 29.8 Å². The van der Waals surface area contributed by atoms with Crippen LogP contribution in [-0.2, 0) is 9.53 Å². The van der Waals surface area contributed by atoms with E-state index in [1.165, 1.54) is 0 Å². The van der Waals surface area contributed by atoms with Crippen molar-refractivity contribution < 1.29 is 19.1 Å². The minimum absolute atomic E-state index is 0.0658. The topological polar surface area (TPSA) is 72.0 Å². The van der Waals surface area contributed by atoms with E-state index in [0.29, 0.717) is 50.8 Å². The number of carbonyl (C=O) groups excluding carboxylic acids is 2. The van der Waals surface area contributed by atoms with E-state index in [-0.39, 0.29) is 17.7 Å². The van der Waals surface area contributed by atoms with Gasteiger partial charge in [0.05, 0.1) is 7.11 Å². The van der Waals surface area contributed by atoms with Gasteiger partial charge in [0, 0.05) is 57.6 Å². The Kier molecular flexibility index (Phi) is 5.86. The molecule has 25 heavy (non-hydrogen) atoms. The first-order chi connectivity index (χ1) is 12.2. The van der Waals surface area contributed by atoms with Crippen LogP contribution >= 0.6 is 0 Å².